The van der Waals surface area contributed by atoms with E-state index in [1.807, 2.05) is 12.1 Å². The molecule has 2 aromatic heterocycles. The lowest BCUT2D eigenvalue weighted by Crippen LogP contribution is -2.15. The van der Waals surface area contributed by atoms with Crippen molar-refractivity contribution in [1.82, 2.24) is 14.3 Å². The Morgan fingerprint density at radius 1 is 1.32 bits per heavy atom. The molecular formula is C16H13ClF2N4O2. The molecule has 0 radical (unpaired) electrons. The molecule has 1 N–H and O–H groups in total. The number of nitrogens with zero attached hydrogens (tertiary/aromatic N) is 3. The summed E-state index contributed by atoms with van der Waals surface area (Å²) < 4.78 is 32.1. The normalized spacial score (nSPS) is 10.9. The minimum Gasteiger partial charge on any atom is -0.433 e. The van der Waals surface area contributed by atoms with E-state index in [1.165, 1.54) is 24.4 Å². The highest BCUT2D eigenvalue weighted by Crippen LogP contribution is 2.29. The molecule has 2 heterocycles. The largest absolute Gasteiger partial charge is 0.433 e. The zero-order valence-electron chi connectivity index (χ0n) is 13.0. The minimum absolute atomic E-state index is 0.0325. The molecule has 0 saturated heterocycles. The number of anilines is 1. The van der Waals surface area contributed by atoms with E-state index in [2.05, 4.69) is 15.2 Å². The molecule has 0 atom stereocenters. The van der Waals surface area contributed by atoms with Crippen molar-refractivity contribution in [2.75, 3.05) is 5.32 Å². The first-order valence-electron chi connectivity index (χ1n) is 7.17. The zero-order chi connectivity index (χ0) is 18.0. The Labute approximate surface area is 146 Å². The molecule has 0 spiro atoms. The number of aryl methyl sites for hydroxylation is 1. The average Bonchev–Trinajstić information content (AvgIpc) is 3.18. The average molecular weight is 367 g/mol. The fourth-order valence-corrected chi connectivity index (χ4v) is 2.57. The number of alkyl halides is 2. The molecule has 3 aromatic rings. The highest BCUT2D eigenvalue weighted by Gasteiger charge is 2.18. The number of carbonyl (C=O) groups excluding carboxylic acids is 1. The molecular weight excluding hydrogens is 354 g/mol. The second-order valence-electron chi connectivity index (χ2n) is 5.07. The van der Waals surface area contributed by atoms with Gasteiger partial charge in [-0.3, -0.25) is 9.48 Å². The van der Waals surface area contributed by atoms with Crippen LogP contribution in [0.1, 0.15) is 10.4 Å². The summed E-state index contributed by atoms with van der Waals surface area (Å²) in [6.45, 7) is -2.97. The van der Waals surface area contributed by atoms with Crippen molar-refractivity contribution >= 4 is 23.2 Å². The topological polar surface area (TPSA) is 61.1 Å². The maximum Gasteiger partial charge on any atom is 0.387 e. The van der Waals surface area contributed by atoms with Gasteiger partial charge in [-0.25, -0.2) is 0 Å². The Hall–Kier alpha value is -2.87. The van der Waals surface area contributed by atoms with Crippen molar-refractivity contribution in [3.8, 4) is 11.6 Å². The lowest BCUT2D eigenvalue weighted by molar-refractivity contribution is -0.0497. The lowest BCUT2D eigenvalue weighted by Gasteiger charge is -2.10. The van der Waals surface area contributed by atoms with Crippen LogP contribution >= 0.6 is 11.6 Å². The van der Waals surface area contributed by atoms with Crippen LogP contribution in [-0.4, -0.2) is 26.9 Å². The van der Waals surface area contributed by atoms with Gasteiger partial charge in [0.05, 0.1) is 11.2 Å². The van der Waals surface area contributed by atoms with E-state index >= 15 is 0 Å². The van der Waals surface area contributed by atoms with E-state index in [-0.39, 0.29) is 10.8 Å². The van der Waals surface area contributed by atoms with Crippen molar-refractivity contribution in [3.05, 3.63) is 59.5 Å². The fourth-order valence-electron chi connectivity index (χ4n) is 2.34. The molecule has 0 aliphatic heterocycles. The summed E-state index contributed by atoms with van der Waals surface area (Å²) in [5.41, 5.74) is 0.696. The Bertz CT molecular complexity index is 894. The van der Waals surface area contributed by atoms with Crippen LogP contribution in [0.4, 0.5) is 14.5 Å². The fraction of sp³-hybridized carbons (Fsp3) is 0.125. The predicted molar refractivity (Wildman–Crippen MR) is 88.6 cm³/mol. The lowest BCUT2D eigenvalue weighted by atomic mass is 10.2. The number of aromatic nitrogens is 3. The van der Waals surface area contributed by atoms with Crippen LogP contribution < -0.4 is 10.1 Å². The molecule has 0 aliphatic rings. The molecule has 1 amide bonds. The number of ether oxygens (including phenoxy) is 1. The molecule has 0 unspecified atom stereocenters. The van der Waals surface area contributed by atoms with Gasteiger partial charge in [-0.2, -0.15) is 13.9 Å². The summed E-state index contributed by atoms with van der Waals surface area (Å²) in [6.07, 6.45) is 5.03. The van der Waals surface area contributed by atoms with Crippen LogP contribution in [0.5, 0.6) is 5.75 Å². The van der Waals surface area contributed by atoms with Crippen LogP contribution in [0, 0.1) is 0 Å². The van der Waals surface area contributed by atoms with Crippen molar-refractivity contribution in [3.63, 3.8) is 0 Å². The number of benzene rings is 1. The molecule has 130 valence electrons. The van der Waals surface area contributed by atoms with Crippen molar-refractivity contribution in [2.45, 2.75) is 6.61 Å². The van der Waals surface area contributed by atoms with Crippen LogP contribution in [-0.2, 0) is 7.05 Å². The predicted octanol–water partition coefficient (Wildman–Crippen LogP) is 3.72. The van der Waals surface area contributed by atoms with E-state index in [4.69, 9.17) is 11.6 Å². The van der Waals surface area contributed by atoms with Gasteiger partial charge >= 0.3 is 6.61 Å². The van der Waals surface area contributed by atoms with Crippen LogP contribution in [0.3, 0.4) is 0 Å². The molecule has 1 aromatic carbocycles. The molecule has 0 saturated carbocycles. The van der Waals surface area contributed by atoms with Gasteiger partial charge in [0.15, 0.2) is 0 Å². The number of rotatable bonds is 5. The molecule has 6 nitrogen and oxygen atoms in total. The summed E-state index contributed by atoms with van der Waals surface area (Å²) >= 11 is 5.89. The maximum atomic E-state index is 12.5. The first kappa shape index (κ1) is 17.0. The Balaban J connectivity index is 1.83. The maximum absolute atomic E-state index is 12.5. The van der Waals surface area contributed by atoms with Crippen molar-refractivity contribution in [1.29, 1.82) is 0 Å². The third-order valence-corrected chi connectivity index (χ3v) is 3.70. The van der Waals surface area contributed by atoms with Gasteiger partial charge in [0.25, 0.3) is 5.91 Å². The monoisotopic (exact) mass is 366 g/mol. The molecule has 0 bridgehead atoms. The minimum atomic E-state index is -2.97. The van der Waals surface area contributed by atoms with E-state index in [9.17, 15) is 13.6 Å². The number of nitrogens with one attached hydrogen (secondary N) is 1. The number of hydrogen-bond donors (Lipinski definition) is 1. The number of halogens is 3. The molecule has 0 aliphatic carbocycles. The second-order valence-corrected chi connectivity index (χ2v) is 5.48. The van der Waals surface area contributed by atoms with Gasteiger partial charge in [0.1, 0.15) is 17.1 Å². The van der Waals surface area contributed by atoms with Crippen LogP contribution in [0.15, 0.2) is 48.9 Å². The quantitative estimate of drug-likeness (QED) is 0.748. The van der Waals surface area contributed by atoms with Crippen LogP contribution in [0.25, 0.3) is 5.82 Å². The molecule has 9 heteroatoms. The number of carbonyl (C=O) groups is 1. The molecule has 25 heavy (non-hydrogen) atoms. The zero-order valence-corrected chi connectivity index (χ0v) is 13.7. The van der Waals surface area contributed by atoms with Gasteiger partial charge in [-0.1, -0.05) is 11.6 Å². The number of hydrogen-bond acceptors (Lipinski definition) is 3. The smallest absolute Gasteiger partial charge is 0.387 e. The second kappa shape index (κ2) is 6.94. The summed E-state index contributed by atoms with van der Waals surface area (Å²) in [7, 11) is 1.72. The van der Waals surface area contributed by atoms with Crippen molar-refractivity contribution in [2.24, 2.45) is 7.05 Å². The van der Waals surface area contributed by atoms with E-state index in [0.29, 0.717) is 17.1 Å². The summed E-state index contributed by atoms with van der Waals surface area (Å²) in [5.74, 6) is 0.0192. The van der Waals surface area contributed by atoms with Gasteiger partial charge in [0.2, 0.25) is 0 Å². The highest BCUT2D eigenvalue weighted by molar-refractivity contribution is 6.32. The van der Waals surface area contributed by atoms with Gasteiger partial charge in [0, 0.05) is 25.1 Å². The van der Waals surface area contributed by atoms with E-state index in [0.717, 1.165) is 0 Å². The van der Waals surface area contributed by atoms with Gasteiger partial charge < -0.3 is 14.6 Å². The first-order chi connectivity index (χ1) is 12.0. The summed E-state index contributed by atoms with van der Waals surface area (Å²) in [6, 6.07) is 7.68. The van der Waals surface area contributed by atoms with Crippen molar-refractivity contribution < 1.29 is 18.3 Å². The molecule has 3 rings (SSSR count). The van der Waals surface area contributed by atoms with Crippen LogP contribution in [0.2, 0.25) is 5.02 Å². The highest BCUT2D eigenvalue weighted by atomic mass is 35.5. The van der Waals surface area contributed by atoms with E-state index in [1.54, 1.807) is 28.7 Å². The van der Waals surface area contributed by atoms with E-state index < -0.39 is 12.5 Å². The first-order valence-corrected chi connectivity index (χ1v) is 7.54. The Morgan fingerprint density at radius 2 is 2.04 bits per heavy atom. The third-order valence-electron chi connectivity index (χ3n) is 3.41. The summed E-state index contributed by atoms with van der Waals surface area (Å²) in [4.78, 5) is 12.5. The number of amides is 1. The van der Waals surface area contributed by atoms with Gasteiger partial charge in [-0.15, -0.1) is 0 Å². The molecule has 0 fully saturated rings. The Morgan fingerprint density at radius 3 is 2.68 bits per heavy atom. The summed E-state index contributed by atoms with van der Waals surface area (Å²) in [5, 5.41) is 6.73. The SMILES string of the molecule is Cn1ncc(C(=O)Nc2ccc(OC(F)F)c(Cl)c2)c1-n1cccc1. The Kier molecular flexibility index (Phi) is 4.71. The third kappa shape index (κ3) is 3.63. The standard InChI is InChI=1S/C16H13ClF2N4O2/c1-22-15(23-6-2-3-7-23)11(9-20-22)14(24)21-10-4-5-13(12(17)8-10)25-16(18)19/h2-9,16H,1H3,(H,21,24). The van der Waals surface area contributed by atoms with Gasteiger partial charge in [-0.05, 0) is 30.3 Å².